The SMILES string of the molecule is OC[C@H]1Cc2c([nH]c3ccccc23)[C@H](CO)N1. The first-order chi connectivity index (χ1) is 8.33. The summed E-state index contributed by atoms with van der Waals surface area (Å²) < 4.78 is 0. The van der Waals surface area contributed by atoms with E-state index >= 15 is 0 Å². The lowest BCUT2D eigenvalue weighted by Gasteiger charge is -2.29. The molecule has 1 aromatic heterocycles. The van der Waals surface area contributed by atoms with E-state index in [4.69, 9.17) is 0 Å². The number of aromatic nitrogens is 1. The van der Waals surface area contributed by atoms with Gasteiger partial charge in [-0.15, -0.1) is 0 Å². The molecule has 0 unspecified atom stereocenters. The number of aliphatic hydroxyl groups is 2. The standard InChI is InChI=1S/C13H16N2O2/c16-6-8-5-10-9-3-1-2-4-11(9)15-13(10)12(7-17)14-8/h1-4,8,12,14-17H,5-7H2/t8-,12+/m1/s1. The molecule has 90 valence electrons. The highest BCUT2D eigenvalue weighted by molar-refractivity contribution is 5.85. The molecule has 0 saturated heterocycles. The predicted octanol–water partition coefficient (Wildman–Crippen LogP) is 0.708. The van der Waals surface area contributed by atoms with Crippen LogP contribution in [0.4, 0.5) is 0 Å². The molecule has 1 aliphatic rings. The van der Waals surface area contributed by atoms with Gasteiger partial charge in [-0.25, -0.2) is 0 Å². The van der Waals surface area contributed by atoms with E-state index in [1.807, 2.05) is 18.2 Å². The van der Waals surface area contributed by atoms with Gasteiger partial charge in [-0.1, -0.05) is 18.2 Å². The summed E-state index contributed by atoms with van der Waals surface area (Å²) in [5, 5.41) is 23.1. The van der Waals surface area contributed by atoms with Gasteiger partial charge in [-0.2, -0.15) is 0 Å². The molecular weight excluding hydrogens is 216 g/mol. The average Bonchev–Trinajstić information content (AvgIpc) is 2.76. The number of benzene rings is 1. The highest BCUT2D eigenvalue weighted by Crippen LogP contribution is 2.31. The summed E-state index contributed by atoms with van der Waals surface area (Å²) in [5.74, 6) is 0. The summed E-state index contributed by atoms with van der Waals surface area (Å²) >= 11 is 0. The van der Waals surface area contributed by atoms with Crippen molar-refractivity contribution in [1.29, 1.82) is 0 Å². The smallest absolute Gasteiger partial charge is 0.0713 e. The Bertz CT molecular complexity index is 535. The van der Waals surface area contributed by atoms with Gasteiger partial charge in [0, 0.05) is 22.6 Å². The average molecular weight is 232 g/mol. The molecule has 1 aliphatic heterocycles. The van der Waals surface area contributed by atoms with E-state index in [9.17, 15) is 10.2 Å². The highest BCUT2D eigenvalue weighted by atomic mass is 16.3. The van der Waals surface area contributed by atoms with E-state index in [1.54, 1.807) is 0 Å². The third-order valence-electron chi connectivity index (χ3n) is 3.49. The fraction of sp³-hybridized carbons (Fsp3) is 0.385. The second kappa shape index (κ2) is 4.14. The van der Waals surface area contributed by atoms with Crippen LogP contribution in [0.2, 0.25) is 0 Å². The van der Waals surface area contributed by atoms with Gasteiger partial charge < -0.3 is 20.5 Å². The van der Waals surface area contributed by atoms with Crippen molar-refractivity contribution in [2.45, 2.75) is 18.5 Å². The van der Waals surface area contributed by atoms with Crippen LogP contribution in [0.5, 0.6) is 0 Å². The van der Waals surface area contributed by atoms with Crippen molar-refractivity contribution >= 4 is 10.9 Å². The number of aliphatic hydroxyl groups excluding tert-OH is 2. The fourth-order valence-electron chi connectivity index (χ4n) is 2.67. The highest BCUT2D eigenvalue weighted by Gasteiger charge is 2.28. The molecule has 0 bridgehead atoms. The molecule has 4 heteroatoms. The van der Waals surface area contributed by atoms with Gasteiger partial charge in [0.05, 0.1) is 19.3 Å². The molecule has 0 radical (unpaired) electrons. The van der Waals surface area contributed by atoms with Crippen LogP contribution in [-0.2, 0) is 6.42 Å². The Labute approximate surface area is 99.3 Å². The number of hydrogen-bond donors (Lipinski definition) is 4. The molecule has 2 heterocycles. The maximum absolute atomic E-state index is 9.41. The topological polar surface area (TPSA) is 68.3 Å². The minimum atomic E-state index is -0.108. The summed E-state index contributed by atoms with van der Waals surface area (Å²) in [6, 6.07) is 8.05. The molecule has 2 atom stereocenters. The molecule has 17 heavy (non-hydrogen) atoms. The zero-order valence-corrected chi connectivity index (χ0v) is 9.48. The van der Waals surface area contributed by atoms with Crippen LogP contribution in [0.15, 0.2) is 24.3 Å². The largest absolute Gasteiger partial charge is 0.395 e. The van der Waals surface area contributed by atoms with Crippen LogP contribution in [0.1, 0.15) is 17.3 Å². The van der Waals surface area contributed by atoms with Gasteiger partial charge in [0.15, 0.2) is 0 Å². The Morgan fingerprint density at radius 2 is 2.00 bits per heavy atom. The van der Waals surface area contributed by atoms with Gasteiger partial charge in [0.1, 0.15) is 0 Å². The Hall–Kier alpha value is -1.36. The number of para-hydroxylation sites is 1. The summed E-state index contributed by atoms with van der Waals surface area (Å²) in [6.45, 7) is 0.131. The van der Waals surface area contributed by atoms with E-state index in [0.717, 1.165) is 17.6 Å². The fourth-order valence-corrected chi connectivity index (χ4v) is 2.67. The van der Waals surface area contributed by atoms with Crippen molar-refractivity contribution in [3.63, 3.8) is 0 Å². The lowest BCUT2D eigenvalue weighted by atomic mass is 9.94. The van der Waals surface area contributed by atoms with Gasteiger partial charge in [-0.05, 0) is 18.1 Å². The van der Waals surface area contributed by atoms with Crippen LogP contribution in [0.25, 0.3) is 10.9 Å². The molecular formula is C13H16N2O2. The number of H-pyrrole nitrogens is 1. The molecule has 0 aliphatic carbocycles. The van der Waals surface area contributed by atoms with Crippen molar-refractivity contribution in [3.05, 3.63) is 35.5 Å². The Kier molecular flexibility index (Phi) is 2.63. The van der Waals surface area contributed by atoms with Crippen molar-refractivity contribution in [1.82, 2.24) is 10.3 Å². The van der Waals surface area contributed by atoms with Gasteiger partial charge in [0.25, 0.3) is 0 Å². The second-order valence-corrected chi connectivity index (χ2v) is 4.55. The molecule has 4 nitrogen and oxygen atoms in total. The second-order valence-electron chi connectivity index (χ2n) is 4.55. The molecule has 4 N–H and O–H groups in total. The molecule has 2 aromatic rings. The van der Waals surface area contributed by atoms with Crippen LogP contribution < -0.4 is 5.32 Å². The Morgan fingerprint density at radius 1 is 1.18 bits per heavy atom. The Morgan fingerprint density at radius 3 is 2.76 bits per heavy atom. The van der Waals surface area contributed by atoms with Crippen molar-refractivity contribution in [3.8, 4) is 0 Å². The molecule has 3 rings (SSSR count). The third-order valence-corrected chi connectivity index (χ3v) is 3.49. The van der Waals surface area contributed by atoms with E-state index in [-0.39, 0.29) is 25.3 Å². The van der Waals surface area contributed by atoms with Gasteiger partial charge in [0.2, 0.25) is 0 Å². The van der Waals surface area contributed by atoms with Crippen LogP contribution >= 0.6 is 0 Å². The number of fused-ring (bicyclic) bond motifs is 3. The number of hydrogen-bond acceptors (Lipinski definition) is 3. The van der Waals surface area contributed by atoms with Crippen molar-refractivity contribution in [2.24, 2.45) is 0 Å². The predicted molar refractivity (Wildman–Crippen MR) is 65.8 cm³/mol. The molecule has 0 saturated carbocycles. The first-order valence-electron chi connectivity index (χ1n) is 5.90. The third kappa shape index (κ3) is 1.65. The van der Waals surface area contributed by atoms with E-state index < -0.39 is 0 Å². The van der Waals surface area contributed by atoms with Gasteiger partial charge in [-0.3, -0.25) is 0 Å². The number of aromatic amines is 1. The Balaban J connectivity index is 2.15. The van der Waals surface area contributed by atoms with E-state index in [0.29, 0.717) is 0 Å². The molecule has 0 spiro atoms. The normalized spacial score (nSPS) is 23.9. The zero-order chi connectivity index (χ0) is 11.8. The van der Waals surface area contributed by atoms with Crippen LogP contribution in [0.3, 0.4) is 0 Å². The summed E-state index contributed by atoms with van der Waals surface area (Å²) in [7, 11) is 0. The van der Waals surface area contributed by atoms with Crippen LogP contribution in [-0.4, -0.2) is 34.5 Å². The van der Waals surface area contributed by atoms with E-state index in [2.05, 4.69) is 16.4 Å². The number of rotatable bonds is 2. The maximum Gasteiger partial charge on any atom is 0.0713 e. The number of nitrogens with one attached hydrogen (secondary N) is 2. The molecule has 1 aromatic carbocycles. The minimum absolute atomic E-state index is 0.0267. The minimum Gasteiger partial charge on any atom is -0.395 e. The summed E-state index contributed by atoms with van der Waals surface area (Å²) in [4.78, 5) is 3.36. The first kappa shape index (κ1) is 10.8. The zero-order valence-electron chi connectivity index (χ0n) is 9.48. The molecule has 0 fully saturated rings. The van der Waals surface area contributed by atoms with Crippen LogP contribution in [0, 0.1) is 0 Å². The van der Waals surface area contributed by atoms with Crippen molar-refractivity contribution in [2.75, 3.05) is 13.2 Å². The lowest BCUT2D eigenvalue weighted by molar-refractivity contribution is 0.183. The summed E-state index contributed by atoms with van der Waals surface area (Å²) in [6.07, 6.45) is 0.798. The van der Waals surface area contributed by atoms with Crippen molar-refractivity contribution < 1.29 is 10.2 Å². The molecule has 0 amide bonds. The summed E-state index contributed by atoms with van der Waals surface area (Å²) in [5.41, 5.74) is 3.37. The quantitative estimate of drug-likeness (QED) is 0.616. The van der Waals surface area contributed by atoms with Gasteiger partial charge >= 0.3 is 0 Å². The first-order valence-corrected chi connectivity index (χ1v) is 5.90. The maximum atomic E-state index is 9.41. The van der Waals surface area contributed by atoms with E-state index in [1.165, 1.54) is 10.9 Å². The monoisotopic (exact) mass is 232 g/mol. The lowest BCUT2D eigenvalue weighted by Crippen LogP contribution is -2.43.